The maximum Gasteiger partial charge on any atom is 0.446 e. The van der Waals surface area contributed by atoms with Crippen LogP contribution in [0.15, 0.2) is 29.2 Å². The lowest BCUT2D eigenvalue weighted by Crippen LogP contribution is -2.40. The second kappa shape index (κ2) is 7.35. The van der Waals surface area contributed by atoms with Crippen LogP contribution in [0.3, 0.4) is 0 Å². The van der Waals surface area contributed by atoms with Gasteiger partial charge in [0.05, 0.1) is 5.56 Å². The number of nitrogens with one attached hydrogen (secondary N) is 1. The first-order chi connectivity index (χ1) is 9.74. The van der Waals surface area contributed by atoms with Crippen molar-refractivity contribution in [1.29, 1.82) is 0 Å². The fourth-order valence-electron chi connectivity index (χ4n) is 1.65. The molecular weight excluding hydrogens is 307 g/mol. The first kappa shape index (κ1) is 17.4. The third kappa shape index (κ3) is 5.66. The van der Waals surface area contributed by atoms with Gasteiger partial charge in [0.25, 0.3) is 5.91 Å². The Morgan fingerprint density at radius 1 is 1.33 bits per heavy atom. The average molecular weight is 321 g/mol. The highest BCUT2D eigenvalue weighted by Crippen LogP contribution is 2.38. The minimum Gasteiger partial charge on any atom is -0.480 e. The number of benzene rings is 1. The Kier molecular flexibility index (Phi) is 6.07. The molecule has 1 aromatic carbocycles. The van der Waals surface area contributed by atoms with Crippen LogP contribution < -0.4 is 5.32 Å². The van der Waals surface area contributed by atoms with Gasteiger partial charge >= 0.3 is 11.5 Å². The molecule has 0 saturated heterocycles. The average Bonchev–Trinajstić information content (AvgIpc) is 2.36. The predicted molar refractivity (Wildman–Crippen MR) is 72.2 cm³/mol. The number of alkyl halides is 3. The van der Waals surface area contributed by atoms with Crippen LogP contribution in [0.1, 0.15) is 30.1 Å². The molecule has 0 aliphatic rings. The number of hydrogen-bond acceptors (Lipinski definition) is 3. The largest absolute Gasteiger partial charge is 0.480 e. The molecule has 0 unspecified atom stereocenters. The van der Waals surface area contributed by atoms with Crippen LogP contribution in [0.5, 0.6) is 0 Å². The molecule has 0 spiro atoms. The van der Waals surface area contributed by atoms with Crippen molar-refractivity contribution in [3.05, 3.63) is 29.8 Å². The number of amides is 1. The second-order valence-electron chi connectivity index (χ2n) is 4.20. The smallest absolute Gasteiger partial charge is 0.446 e. The summed E-state index contributed by atoms with van der Waals surface area (Å²) in [4.78, 5) is 22.7. The molecule has 116 valence electrons. The molecule has 4 nitrogen and oxygen atoms in total. The maximum absolute atomic E-state index is 12.4. The third-order valence-corrected chi connectivity index (χ3v) is 3.35. The maximum atomic E-state index is 12.4. The van der Waals surface area contributed by atoms with E-state index >= 15 is 0 Å². The van der Waals surface area contributed by atoms with Crippen LogP contribution in [0.25, 0.3) is 0 Å². The number of carboxylic acids is 1. The zero-order valence-electron chi connectivity index (χ0n) is 11.1. The molecule has 1 rings (SSSR count). The van der Waals surface area contributed by atoms with Gasteiger partial charge in [0.1, 0.15) is 6.04 Å². The van der Waals surface area contributed by atoms with E-state index in [0.29, 0.717) is 6.42 Å². The molecule has 0 aliphatic carbocycles. The van der Waals surface area contributed by atoms with Gasteiger partial charge in [0.15, 0.2) is 0 Å². The highest BCUT2D eigenvalue weighted by Gasteiger charge is 2.31. The van der Waals surface area contributed by atoms with E-state index in [1.54, 1.807) is 6.92 Å². The number of aliphatic carboxylic acids is 1. The molecule has 0 saturated carbocycles. The van der Waals surface area contributed by atoms with Gasteiger partial charge in [-0.25, -0.2) is 4.79 Å². The first-order valence-corrected chi connectivity index (χ1v) is 6.94. The molecule has 1 aromatic rings. The Bertz CT molecular complexity index is 520. The van der Waals surface area contributed by atoms with Gasteiger partial charge < -0.3 is 10.4 Å². The van der Waals surface area contributed by atoms with Gasteiger partial charge in [-0.05, 0) is 30.3 Å². The van der Waals surface area contributed by atoms with Gasteiger partial charge in [-0.15, -0.1) is 0 Å². The molecule has 21 heavy (non-hydrogen) atoms. The van der Waals surface area contributed by atoms with E-state index in [0.717, 1.165) is 0 Å². The molecule has 0 aromatic heterocycles. The van der Waals surface area contributed by atoms with Crippen molar-refractivity contribution >= 4 is 23.6 Å². The van der Waals surface area contributed by atoms with Gasteiger partial charge in [-0.3, -0.25) is 4.79 Å². The van der Waals surface area contributed by atoms with Gasteiger partial charge in [0, 0.05) is 4.90 Å². The van der Waals surface area contributed by atoms with Crippen LogP contribution in [-0.4, -0.2) is 28.5 Å². The fraction of sp³-hybridized carbons (Fsp3) is 0.385. The molecule has 0 bridgehead atoms. The Labute approximate surface area is 123 Å². The summed E-state index contributed by atoms with van der Waals surface area (Å²) in [5, 5.41) is 11.2. The van der Waals surface area contributed by atoms with E-state index in [4.69, 9.17) is 5.11 Å². The van der Waals surface area contributed by atoms with E-state index in [-0.39, 0.29) is 16.9 Å². The molecule has 8 heteroatoms. The van der Waals surface area contributed by atoms with Crippen molar-refractivity contribution in [2.75, 3.05) is 0 Å². The third-order valence-electron chi connectivity index (χ3n) is 2.54. The van der Waals surface area contributed by atoms with Crippen molar-refractivity contribution in [3.63, 3.8) is 0 Å². The van der Waals surface area contributed by atoms with E-state index in [1.807, 2.05) is 0 Å². The second-order valence-corrected chi connectivity index (χ2v) is 5.30. The van der Waals surface area contributed by atoms with Crippen molar-refractivity contribution in [2.24, 2.45) is 0 Å². The molecule has 0 aliphatic heterocycles. The topological polar surface area (TPSA) is 66.4 Å². The monoisotopic (exact) mass is 321 g/mol. The molecular formula is C13H14F3NO3S. The zero-order chi connectivity index (χ0) is 16.0. The van der Waals surface area contributed by atoms with Gasteiger partial charge in [0.2, 0.25) is 0 Å². The fourth-order valence-corrected chi connectivity index (χ4v) is 2.32. The van der Waals surface area contributed by atoms with Crippen LogP contribution in [-0.2, 0) is 4.79 Å². The summed E-state index contributed by atoms with van der Waals surface area (Å²) in [6.45, 7) is 1.75. The Morgan fingerprint density at radius 3 is 2.48 bits per heavy atom. The quantitative estimate of drug-likeness (QED) is 0.789. The summed E-state index contributed by atoms with van der Waals surface area (Å²) >= 11 is -0.404. The van der Waals surface area contributed by atoms with Crippen molar-refractivity contribution < 1.29 is 27.9 Å². The number of thioether (sulfide) groups is 1. The summed E-state index contributed by atoms with van der Waals surface area (Å²) in [5.74, 6) is -2.05. The summed E-state index contributed by atoms with van der Waals surface area (Å²) in [7, 11) is 0. The standard InChI is InChI=1S/C13H14F3NO3S/c1-2-5-9(12(19)20)17-11(18)8-6-3-4-7-10(8)21-13(14,15)16/h3-4,6-7,9H,2,5H2,1H3,(H,17,18)(H,19,20)/t9-/m1/s1. The molecule has 2 N–H and O–H groups in total. The summed E-state index contributed by atoms with van der Waals surface area (Å²) in [6.07, 6.45) is 0.728. The van der Waals surface area contributed by atoms with E-state index in [2.05, 4.69) is 5.32 Å². The highest BCUT2D eigenvalue weighted by molar-refractivity contribution is 8.00. The Morgan fingerprint density at radius 2 is 1.95 bits per heavy atom. The Hall–Kier alpha value is -1.70. The van der Waals surface area contributed by atoms with Crippen LogP contribution >= 0.6 is 11.8 Å². The zero-order valence-corrected chi connectivity index (χ0v) is 11.9. The molecule has 0 radical (unpaired) electrons. The lowest BCUT2D eigenvalue weighted by atomic mass is 10.1. The predicted octanol–water partition coefficient (Wildman–Crippen LogP) is 3.28. The number of rotatable bonds is 6. The van der Waals surface area contributed by atoms with Crippen molar-refractivity contribution in [2.45, 2.75) is 36.2 Å². The number of carboxylic acid groups (broad SMARTS) is 1. The minimum absolute atomic E-state index is 0.192. The lowest BCUT2D eigenvalue weighted by molar-refractivity contribution is -0.139. The van der Waals surface area contributed by atoms with E-state index in [1.165, 1.54) is 24.3 Å². The normalized spacial score (nSPS) is 12.8. The number of halogens is 3. The summed E-state index contributed by atoms with van der Waals surface area (Å²) < 4.78 is 37.3. The van der Waals surface area contributed by atoms with Crippen LogP contribution in [0, 0.1) is 0 Å². The number of carbonyl (C=O) groups excluding carboxylic acids is 1. The molecule has 0 fully saturated rings. The number of hydrogen-bond donors (Lipinski definition) is 2. The van der Waals surface area contributed by atoms with Gasteiger partial charge in [-0.2, -0.15) is 13.2 Å². The summed E-state index contributed by atoms with van der Waals surface area (Å²) in [5.41, 5.74) is -4.71. The molecule has 0 heterocycles. The SMILES string of the molecule is CCC[C@@H](NC(=O)c1ccccc1SC(F)(F)F)C(=O)O. The van der Waals surface area contributed by atoms with Crippen molar-refractivity contribution in [3.8, 4) is 0 Å². The number of carbonyl (C=O) groups is 2. The highest BCUT2D eigenvalue weighted by atomic mass is 32.2. The van der Waals surface area contributed by atoms with Gasteiger partial charge in [-0.1, -0.05) is 25.5 Å². The van der Waals surface area contributed by atoms with Crippen LogP contribution in [0.4, 0.5) is 13.2 Å². The first-order valence-electron chi connectivity index (χ1n) is 6.13. The summed E-state index contributed by atoms with van der Waals surface area (Å²) in [6, 6.07) is 4.08. The molecule has 1 atom stereocenters. The lowest BCUT2D eigenvalue weighted by Gasteiger charge is -2.15. The molecule has 1 amide bonds. The minimum atomic E-state index is -4.52. The van der Waals surface area contributed by atoms with Crippen molar-refractivity contribution in [1.82, 2.24) is 5.32 Å². The van der Waals surface area contributed by atoms with E-state index in [9.17, 15) is 22.8 Å². The van der Waals surface area contributed by atoms with Crippen LogP contribution in [0.2, 0.25) is 0 Å². The van der Waals surface area contributed by atoms with E-state index < -0.39 is 35.2 Å². The Balaban J connectivity index is 2.94.